The first-order valence-corrected chi connectivity index (χ1v) is 9.59. The molecular weight excluding hydrogens is 358 g/mol. The van der Waals surface area contributed by atoms with Crippen LogP contribution in [0.3, 0.4) is 0 Å². The largest absolute Gasteiger partial charge is 0.348 e. The molecule has 0 N–H and O–H groups in total. The third-order valence-electron chi connectivity index (χ3n) is 4.61. The molecule has 0 saturated carbocycles. The minimum atomic E-state index is -3.93. The van der Waals surface area contributed by atoms with Crippen LogP contribution in [0.25, 0.3) is 0 Å². The van der Waals surface area contributed by atoms with Crippen LogP contribution in [0.1, 0.15) is 17.3 Å². The Labute approximate surface area is 150 Å². The van der Waals surface area contributed by atoms with Crippen LogP contribution >= 0.6 is 0 Å². The molecule has 1 aliphatic heterocycles. The first-order chi connectivity index (χ1) is 12.5. The molecule has 0 fully saturated rings. The highest BCUT2D eigenvalue weighted by Gasteiger charge is 2.38. The smallest absolute Gasteiger partial charge is 0.244 e. The van der Waals surface area contributed by atoms with Crippen molar-refractivity contribution in [2.45, 2.75) is 17.5 Å². The fourth-order valence-corrected chi connectivity index (χ4v) is 4.95. The van der Waals surface area contributed by atoms with Gasteiger partial charge in [0.2, 0.25) is 10.0 Å². The lowest BCUT2D eigenvalue weighted by Crippen LogP contribution is -2.42. The van der Waals surface area contributed by atoms with Gasteiger partial charge in [-0.3, -0.25) is 0 Å². The van der Waals surface area contributed by atoms with E-state index in [1.54, 1.807) is 24.3 Å². The minimum absolute atomic E-state index is 0.0137. The van der Waals surface area contributed by atoms with Gasteiger partial charge in [-0.1, -0.05) is 18.2 Å². The van der Waals surface area contributed by atoms with Gasteiger partial charge in [-0.15, -0.1) is 0 Å². The van der Waals surface area contributed by atoms with E-state index >= 15 is 0 Å². The predicted octanol–water partition coefficient (Wildman–Crippen LogP) is 3.56. The number of hydrogen-bond donors (Lipinski definition) is 0. The molecule has 4 nitrogen and oxygen atoms in total. The normalized spacial score (nSPS) is 17.8. The Balaban J connectivity index is 1.87. The number of benzene rings is 2. The monoisotopic (exact) mass is 374 g/mol. The summed E-state index contributed by atoms with van der Waals surface area (Å²) in [5.74, 6) is -0.978. The molecule has 1 aliphatic rings. The second kappa shape index (κ2) is 6.34. The summed E-state index contributed by atoms with van der Waals surface area (Å²) in [6.45, 7) is 0.661. The maximum atomic E-state index is 14.5. The molecule has 2 heterocycles. The zero-order valence-corrected chi connectivity index (χ0v) is 14.5. The van der Waals surface area contributed by atoms with Crippen molar-refractivity contribution in [2.75, 3.05) is 6.54 Å². The van der Waals surface area contributed by atoms with E-state index in [1.807, 2.05) is 16.8 Å². The Morgan fingerprint density at radius 1 is 0.885 bits per heavy atom. The molecule has 0 unspecified atom stereocenters. The highest BCUT2D eigenvalue weighted by Crippen LogP contribution is 2.37. The fraction of sp³-hybridized carbons (Fsp3) is 0.158. The van der Waals surface area contributed by atoms with Crippen LogP contribution in [0.2, 0.25) is 0 Å². The first kappa shape index (κ1) is 16.9. The summed E-state index contributed by atoms with van der Waals surface area (Å²) in [5, 5.41) is 0. The molecule has 2 aromatic carbocycles. The molecule has 26 heavy (non-hydrogen) atoms. The Bertz CT molecular complexity index is 1050. The Morgan fingerprint density at radius 2 is 1.62 bits per heavy atom. The number of halogens is 2. The number of fused-ring (bicyclic) bond motifs is 1. The van der Waals surface area contributed by atoms with E-state index in [0.29, 0.717) is 12.2 Å². The summed E-state index contributed by atoms with van der Waals surface area (Å²) in [6, 6.07) is 13.7. The van der Waals surface area contributed by atoms with Crippen molar-refractivity contribution in [1.29, 1.82) is 0 Å². The third kappa shape index (κ3) is 2.73. The Kier molecular flexibility index (Phi) is 4.13. The standard InChI is InChI=1S/C19H16F2N2O2S/c20-14-7-9-15(10-8-14)26(24,25)23-13-12-22-11-3-6-18(22)19(23)16-4-1-2-5-17(16)21/h1-11,19H,12-13H2/t19-/m1/s1. The number of aromatic nitrogens is 1. The van der Waals surface area contributed by atoms with Crippen LogP contribution < -0.4 is 0 Å². The fourth-order valence-electron chi connectivity index (χ4n) is 3.37. The molecule has 0 spiro atoms. The van der Waals surface area contributed by atoms with Crippen molar-refractivity contribution < 1.29 is 17.2 Å². The van der Waals surface area contributed by atoms with Crippen molar-refractivity contribution in [3.05, 3.63) is 89.8 Å². The first-order valence-electron chi connectivity index (χ1n) is 8.15. The van der Waals surface area contributed by atoms with Gasteiger partial charge in [-0.05, 0) is 42.5 Å². The van der Waals surface area contributed by atoms with Gasteiger partial charge >= 0.3 is 0 Å². The average Bonchev–Trinajstić information content (AvgIpc) is 3.10. The van der Waals surface area contributed by atoms with E-state index in [9.17, 15) is 17.2 Å². The van der Waals surface area contributed by atoms with E-state index in [1.165, 1.54) is 22.5 Å². The summed E-state index contributed by atoms with van der Waals surface area (Å²) >= 11 is 0. The van der Waals surface area contributed by atoms with E-state index in [2.05, 4.69) is 0 Å². The van der Waals surface area contributed by atoms with Crippen LogP contribution in [-0.4, -0.2) is 23.8 Å². The van der Waals surface area contributed by atoms with Crippen LogP contribution in [-0.2, 0) is 16.6 Å². The van der Waals surface area contributed by atoms with Gasteiger partial charge in [0.25, 0.3) is 0 Å². The maximum absolute atomic E-state index is 14.5. The lowest BCUT2D eigenvalue weighted by molar-refractivity contribution is 0.293. The van der Waals surface area contributed by atoms with Crippen LogP contribution in [0.4, 0.5) is 8.78 Å². The van der Waals surface area contributed by atoms with Crippen molar-refractivity contribution in [3.63, 3.8) is 0 Å². The Hall–Kier alpha value is -2.51. The van der Waals surface area contributed by atoms with Crippen molar-refractivity contribution in [1.82, 2.24) is 8.87 Å². The second-order valence-electron chi connectivity index (χ2n) is 6.12. The molecule has 0 radical (unpaired) electrons. The van der Waals surface area contributed by atoms with Gasteiger partial charge in [-0.2, -0.15) is 4.31 Å². The second-order valence-corrected chi connectivity index (χ2v) is 8.01. The summed E-state index contributed by atoms with van der Waals surface area (Å²) in [4.78, 5) is -0.0137. The lowest BCUT2D eigenvalue weighted by atomic mass is 10.0. The topological polar surface area (TPSA) is 42.3 Å². The van der Waals surface area contributed by atoms with Gasteiger partial charge in [0.1, 0.15) is 11.6 Å². The average molecular weight is 374 g/mol. The molecule has 134 valence electrons. The zero-order chi connectivity index (χ0) is 18.3. The van der Waals surface area contributed by atoms with Gasteiger partial charge in [0.15, 0.2) is 0 Å². The summed E-state index contributed by atoms with van der Waals surface area (Å²) in [7, 11) is -3.93. The highest BCUT2D eigenvalue weighted by molar-refractivity contribution is 7.89. The van der Waals surface area contributed by atoms with Crippen LogP contribution in [0.5, 0.6) is 0 Å². The van der Waals surface area contributed by atoms with Crippen molar-refractivity contribution in [2.24, 2.45) is 0 Å². The molecular formula is C19H16F2N2O2S. The number of rotatable bonds is 3. The van der Waals surface area contributed by atoms with E-state index in [4.69, 9.17) is 0 Å². The molecule has 1 atom stereocenters. The van der Waals surface area contributed by atoms with Gasteiger partial charge in [-0.25, -0.2) is 17.2 Å². The van der Waals surface area contributed by atoms with Crippen LogP contribution in [0, 0.1) is 11.6 Å². The summed E-state index contributed by atoms with van der Waals surface area (Å²) in [6.07, 6.45) is 1.85. The molecule has 0 aliphatic carbocycles. The van der Waals surface area contributed by atoms with Gasteiger partial charge in [0, 0.05) is 30.5 Å². The van der Waals surface area contributed by atoms with Crippen molar-refractivity contribution >= 4 is 10.0 Å². The maximum Gasteiger partial charge on any atom is 0.244 e. The van der Waals surface area contributed by atoms with Crippen LogP contribution in [0.15, 0.2) is 71.8 Å². The summed E-state index contributed by atoms with van der Waals surface area (Å²) < 4.78 is 57.3. The van der Waals surface area contributed by atoms with Crippen molar-refractivity contribution in [3.8, 4) is 0 Å². The SMILES string of the molecule is O=S(=O)(c1ccc(F)cc1)N1CCn2cccc2[C@H]1c1ccccc1F. The minimum Gasteiger partial charge on any atom is -0.348 e. The van der Waals surface area contributed by atoms with E-state index in [0.717, 1.165) is 12.1 Å². The molecule has 0 amide bonds. The molecule has 7 heteroatoms. The summed E-state index contributed by atoms with van der Waals surface area (Å²) in [5.41, 5.74) is 0.991. The Morgan fingerprint density at radius 3 is 2.35 bits per heavy atom. The lowest BCUT2D eigenvalue weighted by Gasteiger charge is -2.36. The van der Waals surface area contributed by atoms with Gasteiger partial charge in [0.05, 0.1) is 10.9 Å². The zero-order valence-electron chi connectivity index (χ0n) is 13.7. The highest BCUT2D eigenvalue weighted by atomic mass is 32.2. The number of hydrogen-bond acceptors (Lipinski definition) is 2. The quantitative estimate of drug-likeness (QED) is 0.704. The molecule has 0 saturated heterocycles. The third-order valence-corrected chi connectivity index (χ3v) is 6.49. The van der Waals surface area contributed by atoms with E-state index < -0.39 is 27.7 Å². The molecule has 4 rings (SSSR count). The van der Waals surface area contributed by atoms with E-state index in [-0.39, 0.29) is 17.0 Å². The number of sulfonamides is 1. The molecule has 3 aromatic rings. The number of nitrogens with zero attached hydrogens (tertiary/aromatic N) is 2. The predicted molar refractivity (Wildman–Crippen MR) is 93.0 cm³/mol. The van der Waals surface area contributed by atoms with Gasteiger partial charge < -0.3 is 4.57 Å². The molecule has 1 aromatic heterocycles. The molecule has 0 bridgehead atoms.